The Morgan fingerprint density at radius 2 is 1.90 bits per heavy atom. The van der Waals surface area contributed by atoms with E-state index in [2.05, 4.69) is 0 Å². The van der Waals surface area contributed by atoms with E-state index >= 15 is 0 Å². The van der Waals surface area contributed by atoms with Crippen molar-refractivity contribution in [2.45, 2.75) is 26.7 Å². The Morgan fingerprint density at radius 1 is 1.40 bits per heavy atom. The Labute approximate surface area is 60.6 Å². The van der Waals surface area contributed by atoms with E-state index in [4.69, 9.17) is 5.73 Å². The van der Waals surface area contributed by atoms with Gasteiger partial charge in [-0.25, -0.2) is 8.78 Å². The molecule has 0 heterocycles. The van der Waals surface area contributed by atoms with Crippen molar-refractivity contribution in [2.75, 3.05) is 6.54 Å². The third-order valence-corrected chi connectivity index (χ3v) is 1.97. The topological polar surface area (TPSA) is 26.0 Å². The number of alkyl halides is 2. The molecule has 0 aliphatic heterocycles. The summed E-state index contributed by atoms with van der Waals surface area (Å²) in [5, 5.41) is 0. The van der Waals surface area contributed by atoms with Gasteiger partial charge in [-0.05, 0) is 5.92 Å². The van der Waals surface area contributed by atoms with E-state index in [9.17, 15) is 8.78 Å². The largest absolute Gasteiger partial charge is 0.330 e. The molecule has 0 spiro atoms. The molecular formula is C7H15F2N. The lowest BCUT2D eigenvalue weighted by molar-refractivity contribution is 0.0515. The van der Waals surface area contributed by atoms with E-state index in [1.165, 1.54) is 0 Å². The van der Waals surface area contributed by atoms with Crippen LogP contribution >= 0.6 is 0 Å². The molecule has 0 aromatic rings. The van der Waals surface area contributed by atoms with E-state index in [-0.39, 0.29) is 12.5 Å². The van der Waals surface area contributed by atoms with Crippen LogP contribution in [0.2, 0.25) is 0 Å². The van der Waals surface area contributed by atoms with Crippen molar-refractivity contribution in [2.24, 2.45) is 17.6 Å². The molecule has 0 saturated heterocycles. The van der Waals surface area contributed by atoms with E-state index < -0.39 is 12.3 Å². The first kappa shape index (κ1) is 9.82. The highest BCUT2D eigenvalue weighted by molar-refractivity contribution is 4.67. The van der Waals surface area contributed by atoms with Crippen molar-refractivity contribution in [1.29, 1.82) is 0 Å². The monoisotopic (exact) mass is 151 g/mol. The Kier molecular flexibility index (Phi) is 4.52. The van der Waals surface area contributed by atoms with Gasteiger partial charge < -0.3 is 5.73 Å². The fraction of sp³-hybridized carbons (Fsp3) is 1.00. The van der Waals surface area contributed by atoms with Gasteiger partial charge in [0.15, 0.2) is 0 Å². The molecule has 0 aromatic carbocycles. The molecule has 3 heteroatoms. The van der Waals surface area contributed by atoms with Crippen LogP contribution in [0.4, 0.5) is 8.78 Å². The molecule has 0 radical (unpaired) electrons. The maximum absolute atomic E-state index is 12.1. The van der Waals surface area contributed by atoms with E-state index in [1.54, 1.807) is 0 Å². The number of halogens is 2. The second-order valence-electron chi connectivity index (χ2n) is 2.62. The molecule has 10 heavy (non-hydrogen) atoms. The quantitative estimate of drug-likeness (QED) is 0.652. The van der Waals surface area contributed by atoms with Crippen molar-refractivity contribution in [3.05, 3.63) is 0 Å². The van der Waals surface area contributed by atoms with Crippen LogP contribution in [0.5, 0.6) is 0 Å². The van der Waals surface area contributed by atoms with E-state index in [0.29, 0.717) is 0 Å². The fourth-order valence-corrected chi connectivity index (χ4v) is 0.886. The van der Waals surface area contributed by atoms with Crippen LogP contribution in [-0.4, -0.2) is 13.0 Å². The summed E-state index contributed by atoms with van der Waals surface area (Å²) in [6, 6.07) is 0. The van der Waals surface area contributed by atoms with Crippen LogP contribution in [-0.2, 0) is 0 Å². The van der Waals surface area contributed by atoms with Crippen LogP contribution in [0.15, 0.2) is 0 Å². The zero-order chi connectivity index (χ0) is 8.15. The highest BCUT2D eigenvalue weighted by Gasteiger charge is 2.23. The predicted octanol–water partition coefficient (Wildman–Crippen LogP) is 1.87. The van der Waals surface area contributed by atoms with Crippen LogP contribution in [0.1, 0.15) is 20.3 Å². The number of nitrogens with two attached hydrogens (primary N) is 1. The molecule has 1 nitrogen and oxygen atoms in total. The summed E-state index contributed by atoms with van der Waals surface area (Å²) in [6.07, 6.45) is -1.49. The minimum atomic E-state index is -2.26. The van der Waals surface area contributed by atoms with Gasteiger partial charge >= 0.3 is 0 Å². The van der Waals surface area contributed by atoms with Crippen molar-refractivity contribution < 1.29 is 8.78 Å². The number of hydrogen-bond acceptors (Lipinski definition) is 1. The summed E-state index contributed by atoms with van der Waals surface area (Å²) in [5.41, 5.74) is 5.17. The molecule has 0 aliphatic carbocycles. The summed E-state index contributed by atoms with van der Waals surface area (Å²) in [5.74, 6) is -0.588. The first-order valence-electron chi connectivity index (χ1n) is 3.61. The Hall–Kier alpha value is -0.180. The normalized spacial score (nSPS) is 17.4. The molecule has 0 aromatic heterocycles. The minimum Gasteiger partial charge on any atom is -0.330 e. The number of hydrogen-bond donors (Lipinski definition) is 1. The van der Waals surface area contributed by atoms with E-state index in [0.717, 1.165) is 6.42 Å². The first-order chi connectivity index (χ1) is 4.63. The van der Waals surface area contributed by atoms with Gasteiger partial charge in [-0.3, -0.25) is 0 Å². The summed E-state index contributed by atoms with van der Waals surface area (Å²) in [7, 11) is 0. The fourth-order valence-electron chi connectivity index (χ4n) is 0.886. The van der Waals surface area contributed by atoms with E-state index in [1.807, 2.05) is 13.8 Å². The zero-order valence-electron chi connectivity index (χ0n) is 6.48. The van der Waals surface area contributed by atoms with Crippen molar-refractivity contribution in [3.8, 4) is 0 Å². The van der Waals surface area contributed by atoms with Crippen LogP contribution in [0, 0.1) is 11.8 Å². The lowest BCUT2D eigenvalue weighted by Crippen LogP contribution is -2.27. The van der Waals surface area contributed by atoms with Crippen molar-refractivity contribution in [3.63, 3.8) is 0 Å². The van der Waals surface area contributed by atoms with Gasteiger partial charge in [-0.2, -0.15) is 0 Å². The minimum absolute atomic E-state index is 0.0324. The second-order valence-corrected chi connectivity index (χ2v) is 2.62. The zero-order valence-corrected chi connectivity index (χ0v) is 6.48. The Bertz CT molecular complexity index is 85.7. The Balaban J connectivity index is 3.80. The SMILES string of the molecule is CCC(C)C(CN)C(F)F. The average Bonchev–Trinajstić information content (AvgIpc) is 1.88. The lowest BCUT2D eigenvalue weighted by atomic mass is 9.92. The summed E-state index contributed by atoms with van der Waals surface area (Å²) < 4.78 is 24.1. The smallest absolute Gasteiger partial charge is 0.242 e. The molecule has 62 valence electrons. The van der Waals surface area contributed by atoms with Gasteiger partial charge in [0.2, 0.25) is 6.43 Å². The van der Waals surface area contributed by atoms with Crippen LogP contribution in [0.25, 0.3) is 0 Å². The van der Waals surface area contributed by atoms with Gasteiger partial charge in [0, 0.05) is 12.5 Å². The molecule has 0 aliphatic rings. The highest BCUT2D eigenvalue weighted by atomic mass is 19.3. The van der Waals surface area contributed by atoms with Gasteiger partial charge in [0.05, 0.1) is 0 Å². The van der Waals surface area contributed by atoms with Gasteiger partial charge in [-0.1, -0.05) is 20.3 Å². The first-order valence-corrected chi connectivity index (χ1v) is 3.61. The van der Waals surface area contributed by atoms with Crippen LogP contribution < -0.4 is 5.73 Å². The molecule has 0 amide bonds. The van der Waals surface area contributed by atoms with Crippen molar-refractivity contribution >= 4 is 0 Å². The van der Waals surface area contributed by atoms with Crippen LogP contribution in [0.3, 0.4) is 0 Å². The predicted molar refractivity (Wildman–Crippen MR) is 38.0 cm³/mol. The molecule has 2 atom stereocenters. The standard InChI is InChI=1S/C7H15F2N/c1-3-5(2)6(4-10)7(8)9/h5-7H,3-4,10H2,1-2H3. The van der Waals surface area contributed by atoms with Gasteiger partial charge in [0.1, 0.15) is 0 Å². The van der Waals surface area contributed by atoms with Crippen molar-refractivity contribution in [1.82, 2.24) is 0 Å². The summed E-state index contributed by atoms with van der Waals surface area (Å²) >= 11 is 0. The lowest BCUT2D eigenvalue weighted by Gasteiger charge is -2.19. The number of rotatable bonds is 4. The maximum Gasteiger partial charge on any atom is 0.242 e. The molecular weight excluding hydrogens is 136 g/mol. The average molecular weight is 151 g/mol. The molecule has 0 rings (SSSR count). The molecule has 2 unspecified atom stereocenters. The molecule has 0 saturated carbocycles. The molecule has 0 fully saturated rings. The highest BCUT2D eigenvalue weighted by Crippen LogP contribution is 2.20. The Morgan fingerprint density at radius 3 is 2.00 bits per heavy atom. The summed E-state index contributed by atoms with van der Waals surface area (Å²) in [6.45, 7) is 3.80. The molecule has 0 bridgehead atoms. The van der Waals surface area contributed by atoms with Gasteiger partial charge in [-0.15, -0.1) is 0 Å². The summed E-state index contributed by atoms with van der Waals surface area (Å²) in [4.78, 5) is 0. The maximum atomic E-state index is 12.1. The third-order valence-electron chi connectivity index (χ3n) is 1.97. The van der Waals surface area contributed by atoms with Gasteiger partial charge in [0.25, 0.3) is 0 Å². The molecule has 2 N–H and O–H groups in total. The second kappa shape index (κ2) is 4.61. The third kappa shape index (κ3) is 2.60.